The standard InChI is InChI=1S/C16H25N3O2S/c1-11-3-4-13-14(9-11)22-15(17-13)10-18-5-7-19(8-6-18)16(21)12(2)20/h11-12,20H,3-10H2,1-2H3. The van der Waals surface area contributed by atoms with Gasteiger partial charge in [-0.25, -0.2) is 4.98 Å². The van der Waals surface area contributed by atoms with Crippen LogP contribution in [0.1, 0.15) is 35.8 Å². The second-order valence-corrected chi connectivity index (χ2v) is 7.77. The maximum Gasteiger partial charge on any atom is 0.251 e. The first-order valence-corrected chi connectivity index (χ1v) is 9.01. The molecule has 3 rings (SSSR count). The van der Waals surface area contributed by atoms with Gasteiger partial charge >= 0.3 is 0 Å². The van der Waals surface area contributed by atoms with Gasteiger partial charge in [-0.15, -0.1) is 11.3 Å². The van der Waals surface area contributed by atoms with E-state index in [2.05, 4.69) is 11.8 Å². The summed E-state index contributed by atoms with van der Waals surface area (Å²) in [4.78, 5) is 22.2. The summed E-state index contributed by atoms with van der Waals surface area (Å²) in [6.07, 6.45) is 2.68. The molecule has 0 spiro atoms. The molecule has 0 radical (unpaired) electrons. The van der Waals surface area contributed by atoms with Gasteiger partial charge in [0, 0.05) is 31.1 Å². The van der Waals surface area contributed by atoms with Crippen LogP contribution in [-0.4, -0.2) is 58.1 Å². The number of carbonyl (C=O) groups excluding carboxylic acids is 1. The van der Waals surface area contributed by atoms with Gasteiger partial charge in [-0.2, -0.15) is 0 Å². The highest BCUT2D eigenvalue weighted by Gasteiger charge is 2.25. The summed E-state index contributed by atoms with van der Waals surface area (Å²) in [5.74, 6) is 0.633. The summed E-state index contributed by atoms with van der Waals surface area (Å²) in [7, 11) is 0. The summed E-state index contributed by atoms with van der Waals surface area (Å²) >= 11 is 1.87. The van der Waals surface area contributed by atoms with Crippen LogP contribution < -0.4 is 0 Å². The molecule has 1 saturated heterocycles. The average molecular weight is 323 g/mol. The van der Waals surface area contributed by atoms with Crippen molar-refractivity contribution in [1.29, 1.82) is 0 Å². The van der Waals surface area contributed by atoms with Crippen molar-refractivity contribution in [3.8, 4) is 0 Å². The van der Waals surface area contributed by atoms with Crippen molar-refractivity contribution in [3.63, 3.8) is 0 Å². The van der Waals surface area contributed by atoms with E-state index in [1.165, 1.54) is 35.3 Å². The minimum Gasteiger partial charge on any atom is -0.384 e. The van der Waals surface area contributed by atoms with E-state index in [0.29, 0.717) is 13.1 Å². The molecule has 0 bridgehead atoms. The Bertz CT molecular complexity index is 535. The lowest BCUT2D eigenvalue weighted by atomic mass is 9.93. The van der Waals surface area contributed by atoms with Gasteiger partial charge in [0.25, 0.3) is 5.91 Å². The van der Waals surface area contributed by atoms with Crippen LogP contribution in [0.3, 0.4) is 0 Å². The van der Waals surface area contributed by atoms with E-state index in [9.17, 15) is 9.90 Å². The second kappa shape index (κ2) is 6.64. The van der Waals surface area contributed by atoms with Gasteiger partial charge in [-0.3, -0.25) is 9.69 Å². The third-order valence-corrected chi connectivity index (χ3v) is 5.74. The quantitative estimate of drug-likeness (QED) is 0.911. The first kappa shape index (κ1) is 15.9. The molecule has 5 nitrogen and oxygen atoms in total. The predicted molar refractivity (Wildman–Crippen MR) is 86.8 cm³/mol. The number of aromatic nitrogens is 1. The summed E-state index contributed by atoms with van der Waals surface area (Å²) in [6, 6.07) is 0. The molecular formula is C16H25N3O2S. The number of aryl methyl sites for hydroxylation is 1. The second-order valence-electron chi connectivity index (χ2n) is 6.60. The third kappa shape index (κ3) is 3.50. The van der Waals surface area contributed by atoms with Crippen molar-refractivity contribution in [3.05, 3.63) is 15.6 Å². The van der Waals surface area contributed by atoms with Gasteiger partial charge in [0.05, 0.1) is 12.2 Å². The number of piperazine rings is 1. The number of hydrogen-bond acceptors (Lipinski definition) is 5. The van der Waals surface area contributed by atoms with E-state index in [4.69, 9.17) is 4.98 Å². The summed E-state index contributed by atoms with van der Waals surface area (Å²) < 4.78 is 0. The molecule has 22 heavy (non-hydrogen) atoms. The van der Waals surface area contributed by atoms with Gasteiger partial charge in [0.1, 0.15) is 11.1 Å². The van der Waals surface area contributed by atoms with Gasteiger partial charge in [-0.05, 0) is 32.1 Å². The molecule has 6 heteroatoms. The largest absolute Gasteiger partial charge is 0.384 e. The molecule has 1 aromatic heterocycles. The molecule has 0 aromatic carbocycles. The van der Waals surface area contributed by atoms with Crippen molar-refractivity contribution in [2.75, 3.05) is 26.2 Å². The molecule has 122 valence electrons. The van der Waals surface area contributed by atoms with Crippen molar-refractivity contribution >= 4 is 17.2 Å². The fourth-order valence-electron chi connectivity index (χ4n) is 3.24. The van der Waals surface area contributed by atoms with Crippen molar-refractivity contribution in [1.82, 2.24) is 14.8 Å². The van der Waals surface area contributed by atoms with E-state index in [0.717, 1.165) is 32.0 Å². The summed E-state index contributed by atoms with van der Waals surface area (Å²) in [5, 5.41) is 10.6. The summed E-state index contributed by atoms with van der Waals surface area (Å²) in [5.41, 5.74) is 1.32. The van der Waals surface area contributed by atoms with Crippen LogP contribution in [0, 0.1) is 5.92 Å². The minimum atomic E-state index is -0.890. The predicted octanol–water partition coefficient (Wildman–Crippen LogP) is 1.29. The Hall–Kier alpha value is -0.980. The Morgan fingerprint density at radius 3 is 2.82 bits per heavy atom. The topological polar surface area (TPSA) is 56.7 Å². The average Bonchev–Trinajstić information content (AvgIpc) is 2.88. The molecule has 1 aliphatic carbocycles. The van der Waals surface area contributed by atoms with Gasteiger partial charge in [0.15, 0.2) is 0 Å². The number of rotatable bonds is 3. The Morgan fingerprint density at radius 2 is 2.14 bits per heavy atom. The molecule has 2 atom stereocenters. The lowest BCUT2D eigenvalue weighted by molar-refractivity contribution is -0.141. The highest BCUT2D eigenvalue weighted by molar-refractivity contribution is 7.11. The first-order valence-electron chi connectivity index (χ1n) is 8.19. The van der Waals surface area contributed by atoms with E-state index in [1.54, 1.807) is 4.90 Å². The van der Waals surface area contributed by atoms with Crippen LogP contribution in [0.4, 0.5) is 0 Å². The smallest absolute Gasteiger partial charge is 0.251 e. The van der Waals surface area contributed by atoms with Crippen LogP contribution in [0.25, 0.3) is 0 Å². The Kier molecular flexibility index (Phi) is 4.80. The number of carbonyl (C=O) groups is 1. The van der Waals surface area contributed by atoms with Crippen molar-refractivity contribution in [2.24, 2.45) is 5.92 Å². The molecule has 1 fully saturated rings. The van der Waals surface area contributed by atoms with E-state index in [-0.39, 0.29) is 5.91 Å². The van der Waals surface area contributed by atoms with Crippen LogP contribution in [0.5, 0.6) is 0 Å². The molecular weight excluding hydrogens is 298 g/mol. The number of aliphatic hydroxyl groups is 1. The van der Waals surface area contributed by atoms with Crippen LogP contribution in [0.2, 0.25) is 0 Å². The SMILES string of the molecule is CC1CCc2nc(CN3CCN(C(=O)C(C)O)CC3)sc2C1. The minimum absolute atomic E-state index is 0.154. The number of fused-ring (bicyclic) bond motifs is 1. The zero-order valence-corrected chi connectivity index (χ0v) is 14.2. The van der Waals surface area contributed by atoms with Crippen LogP contribution in [0.15, 0.2) is 0 Å². The Balaban J connectivity index is 1.54. The number of aliphatic hydroxyl groups excluding tert-OH is 1. The molecule has 2 aliphatic rings. The lowest BCUT2D eigenvalue weighted by Crippen LogP contribution is -2.50. The first-order chi connectivity index (χ1) is 10.5. The lowest BCUT2D eigenvalue weighted by Gasteiger charge is -2.34. The van der Waals surface area contributed by atoms with E-state index < -0.39 is 6.10 Å². The number of hydrogen-bond donors (Lipinski definition) is 1. The maximum absolute atomic E-state index is 11.8. The monoisotopic (exact) mass is 323 g/mol. The summed E-state index contributed by atoms with van der Waals surface area (Å²) in [6.45, 7) is 7.87. The zero-order valence-electron chi connectivity index (χ0n) is 13.4. The molecule has 2 heterocycles. The van der Waals surface area contributed by atoms with E-state index in [1.807, 2.05) is 11.3 Å². The fourth-order valence-corrected chi connectivity index (χ4v) is 4.56. The molecule has 1 aromatic rings. The number of thiazole rings is 1. The molecule has 1 amide bonds. The fraction of sp³-hybridized carbons (Fsp3) is 0.750. The number of amides is 1. The van der Waals surface area contributed by atoms with Gasteiger partial charge in [0.2, 0.25) is 0 Å². The molecule has 0 saturated carbocycles. The highest BCUT2D eigenvalue weighted by Crippen LogP contribution is 2.30. The number of nitrogens with zero attached hydrogens (tertiary/aromatic N) is 3. The van der Waals surface area contributed by atoms with Crippen LogP contribution in [-0.2, 0) is 24.2 Å². The Labute approximate surface area is 135 Å². The molecule has 1 N–H and O–H groups in total. The molecule has 1 aliphatic heterocycles. The van der Waals surface area contributed by atoms with Crippen LogP contribution >= 0.6 is 11.3 Å². The van der Waals surface area contributed by atoms with Gasteiger partial charge < -0.3 is 10.0 Å². The maximum atomic E-state index is 11.8. The van der Waals surface area contributed by atoms with E-state index >= 15 is 0 Å². The van der Waals surface area contributed by atoms with Crippen molar-refractivity contribution < 1.29 is 9.90 Å². The van der Waals surface area contributed by atoms with Gasteiger partial charge in [-0.1, -0.05) is 6.92 Å². The third-order valence-electron chi connectivity index (χ3n) is 4.63. The molecule has 2 unspecified atom stereocenters. The normalized spacial score (nSPS) is 24.1. The van der Waals surface area contributed by atoms with Crippen molar-refractivity contribution in [2.45, 2.75) is 45.8 Å². The highest BCUT2D eigenvalue weighted by atomic mass is 32.1. The zero-order chi connectivity index (χ0) is 15.7. The Morgan fingerprint density at radius 1 is 1.41 bits per heavy atom.